The van der Waals surface area contributed by atoms with E-state index in [9.17, 15) is 18.0 Å². The molecule has 1 heterocycles. The zero-order valence-corrected chi connectivity index (χ0v) is 21.1. The Morgan fingerprint density at radius 2 is 1.68 bits per heavy atom. The van der Waals surface area contributed by atoms with E-state index in [0.29, 0.717) is 16.1 Å². The third-order valence-electron chi connectivity index (χ3n) is 4.93. The summed E-state index contributed by atoms with van der Waals surface area (Å²) >= 11 is 1.07. The molecule has 0 radical (unpaired) electrons. The molecule has 12 heteroatoms. The molecule has 0 unspecified atom stereocenters. The molecule has 37 heavy (non-hydrogen) atoms. The molecule has 0 atom stereocenters. The first kappa shape index (κ1) is 25.7. The molecule has 0 fully saturated rings. The van der Waals surface area contributed by atoms with Crippen LogP contribution in [0.3, 0.4) is 0 Å². The van der Waals surface area contributed by atoms with Gasteiger partial charge in [-0.15, -0.1) is 10.2 Å². The molecule has 1 aromatic heterocycles. The molecule has 4 rings (SSSR count). The molecule has 0 bridgehead atoms. The quantitative estimate of drug-likeness (QED) is 0.190. The fourth-order valence-electron chi connectivity index (χ4n) is 3.13. The second-order valence-corrected chi connectivity index (χ2v) is 10.2. The van der Waals surface area contributed by atoms with Crippen LogP contribution in [0.5, 0.6) is 5.75 Å². The van der Waals surface area contributed by atoms with Crippen LogP contribution in [0.15, 0.2) is 88.9 Å². The summed E-state index contributed by atoms with van der Waals surface area (Å²) < 4.78 is 30.3. The largest absolute Gasteiger partial charge is 0.378 e. The third kappa shape index (κ3) is 6.84. The topological polar surface area (TPSA) is 140 Å². The van der Waals surface area contributed by atoms with Crippen LogP contribution in [0.4, 0.5) is 5.13 Å². The highest BCUT2D eigenvalue weighted by atomic mass is 32.2. The number of hydrogen-bond acceptors (Lipinski definition) is 9. The van der Waals surface area contributed by atoms with E-state index >= 15 is 0 Å². The van der Waals surface area contributed by atoms with Gasteiger partial charge in [-0.2, -0.15) is 13.5 Å². The first-order valence-corrected chi connectivity index (χ1v) is 13.1. The van der Waals surface area contributed by atoms with Crippen LogP contribution in [0, 0.1) is 6.92 Å². The van der Waals surface area contributed by atoms with Crippen LogP contribution in [0.1, 0.15) is 26.5 Å². The van der Waals surface area contributed by atoms with Crippen LogP contribution in [0.25, 0.3) is 0 Å². The molecule has 0 spiro atoms. The average Bonchev–Trinajstić information content (AvgIpc) is 3.32. The molecule has 2 N–H and O–H groups in total. The SMILES string of the molecule is Cc1ccccc1C(=O)Nc1nnc(CC(=O)NN=Cc2ccccc2OS(=O)(=O)c2ccccc2)s1. The second-order valence-electron chi connectivity index (χ2n) is 7.63. The van der Waals surface area contributed by atoms with E-state index in [0.717, 1.165) is 16.9 Å². The van der Waals surface area contributed by atoms with Gasteiger partial charge in [-0.1, -0.05) is 59.9 Å². The number of aryl methyl sites for hydroxylation is 1. The van der Waals surface area contributed by atoms with Crippen molar-refractivity contribution >= 4 is 44.6 Å². The van der Waals surface area contributed by atoms with Crippen molar-refractivity contribution in [3.8, 4) is 5.75 Å². The lowest BCUT2D eigenvalue weighted by atomic mass is 10.1. The predicted octanol–water partition coefficient (Wildman–Crippen LogP) is 3.56. The van der Waals surface area contributed by atoms with Crippen LogP contribution in [-0.2, 0) is 21.3 Å². The Morgan fingerprint density at radius 1 is 0.973 bits per heavy atom. The molecule has 2 amide bonds. The Labute approximate surface area is 217 Å². The Bertz CT molecular complexity index is 1550. The lowest BCUT2D eigenvalue weighted by Crippen LogP contribution is -2.19. The minimum absolute atomic E-state index is 0.0153. The molecule has 0 aliphatic rings. The maximum absolute atomic E-state index is 12.5. The number of carbonyl (C=O) groups is 2. The maximum atomic E-state index is 12.5. The van der Waals surface area contributed by atoms with E-state index in [1.54, 1.807) is 48.5 Å². The van der Waals surface area contributed by atoms with Crippen molar-refractivity contribution in [1.29, 1.82) is 0 Å². The van der Waals surface area contributed by atoms with Gasteiger partial charge in [0.2, 0.25) is 11.0 Å². The molecule has 0 aliphatic carbocycles. The summed E-state index contributed by atoms with van der Waals surface area (Å²) in [5, 5.41) is 15.1. The second kappa shape index (κ2) is 11.5. The van der Waals surface area contributed by atoms with E-state index in [1.807, 2.05) is 19.1 Å². The highest BCUT2D eigenvalue weighted by molar-refractivity contribution is 7.87. The molecule has 188 valence electrons. The molecule has 0 saturated carbocycles. The van der Waals surface area contributed by atoms with Crippen molar-refractivity contribution < 1.29 is 22.2 Å². The van der Waals surface area contributed by atoms with E-state index in [-0.39, 0.29) is 28.1 Å². The van der Waals surface area contributed by atoms with Gasteiger partial charge < -0.3 is 4.18 Å². The van der Waals surface area contributed by atoms with Crippen LogP contribution in [0.2, 0.25) is 0 Å². The first-order chi connectivity index (χ1) is 17.8. The number of para-hydroxylation sites is 1. The summed E-state index contributed by atoms with van der Waals surface area (Å²) in [5.41, 5.74) is 4.05. The van der Waals surface area contributed by atoms with E-state index in [4.69, 9.17) is 4.18 Å². The number of hydrazone groups is 1. The van der Waals surface area contributed by atoms with Crippen LogP contribution in [-0.4, -0.2) is 36.6 Å². The fraction of sp³-hybridized carbons (Fsp3) is 0.0800. The average molecular weight is 536 g/mol. The van der Waals surface area contributed by atoms with Gasteiger partial charge in [0.15, 0.2) is 5.75 Å². The summed E-state index contributed by atoms with van der Waals surface area (Å²) in [6.07, 6.45) is 1.16. The van der Waals surface area contributed by atoms with Gasteiger partial charge in [0.1, 0.15) is 9.90 Å². The van der Waals surface area contributed by atoms with Crippen molar-refractivity contribution in [2.75, 3.05) is 5.32 Å². The number of anilines is 1. The van der Waals surface area contributed by atoms with Crippen molar-refractivity contribution in [2.45, 2.75) is 18.2 Å². The van der Waals surface area contributed by atoms with Crippen molar-refractivity contribution in [3.05, 3.63) is 101 Å². The maximum Gasteiger partial charge on any atom is 0.339 e. The number of aromatic nitrogens is 2. The Hall–Kier alpha value is -4.42. The molecular formula is C25H21N5O5S2. The number of nitrogens with one attached hydrogen (secondary N) is 2. The van der Waals surface area contributed by atoms with Crippen molar-refractivity contribution in [2.24, 2.45) is 5.10 Å². The Morgan fingerprint density at radius 3 is 2.46 bits per heavy atom. The first-order valence-electron chi connectivity index (χ1n) is 10.9. The monoisotopic (exact) mass is 535 g/mol. The third-order valence-corrected chi connectivity index (χ3v) is 7.02. The highest BCUT2D eigenvalue weighted by Gasteiger charge is 2.18. The predicted molar refractivity (Wildman–Crippen MR) is 139 cm³/mol. The van der Waals surface area contributed by atoms with Gasteiger partial charge in [0, 0.05) is 11.1 Å². The van der Waals surface area contributed by atoms with Gasteiger partial charge in [0.05, 0.1) is 12.6 Å². The molecular weight excluding hydrogens is 514 g/mol. The molecule has 0 aliphatic heterocycles. The summed E-state index contributed by atoms with van der Waals surface area (Å²) in [7, 11) is -4.04. The van der Waals surface area contributed by atoms with E-state index in [1.165, 1.54) is 24.4 Å². The van der Waals surface area contributed by atoms with Crippen molar-refractivity contribution in [3.63, 3.8) is 0 Å². The Kier molecular flexibility index (Phi) is 8.01. The Balaban J connectivity index is 1.34. The van der Waals surface area contributed by atoms with Gasteiger partial charge in [0.25, 0.3) is 5.91 Å². The van der Waals surface area contributed by atoms with Crippen molar-refractivity contribution in [1.82, 2.24) is 15.6 Å². The standard InChI is InChI=1S/C25H21N5O5S2/c1-17-9-5-7-13-20(17)24(32)27-25-30-29-23(36-25)15-22(31)28-26-16-18-10-6-8-14-21(18)35-37(33,34)19-11-3-2-4-12-19/h2-14,16H,15H2,1H3,(H,28,31)(H,27,30,32). The number of amides is 2. The summed E-state index contributed by atoms with van der Waals surface area (Å²) in [6.45, 7) is 1.83. The van der Waals surface area contributed by atoms with Gasteiger partial charge in [-0.3, -0.25) is 14.9 Å². The highest BCUT2D eigenvalue weighted by Crippen LogP contribution is 2.22. The van der Waals surface area contributed by atoms with Crippen LogP contribution < -0.4 is 14.9 Å². The number of nitrogens with zero attached hydrogens (tertiary/aromatic N) is 3. The molecule has 3 aromatic carbocycles. The minimum Gasteiger partial charge on any atom is -0.378 e. The molecule has 4 aromatic rings. The summed E-state index contributed by atoms with van der Waals surface area (Å²) in [5.74, 6) is -0.730. The molecule has 0 saturated heterocycles. The zero-order valence-electron chi connectivity index (χ0n) is 19.5. The minimum atomic E-state index is -4.04. The van der Waals surface area contributed by atoms with E-state index < -0.39 is 16.0 Å². The fourth-order valence-corrected chi connectivity index (χ4v) is 4.84. The van der Waals surface area contributed by atoms with Crippen LogP contribution >= 0.6 is 11.3 Å². The zero-order chi connectivity index (χ0) is 26.3. The number of rotatable bonds is 9. The number of hydrogen-bond donors (Lipinski definition) is 2. The number of carbonyl (C=O) groups excluding carboxylic acids is 2. The number of benzene rings is 3. The summed E-state index contributed by atoms with van der Waals surface area (Å²) in [4.78, 5) is 24.7. The lowest BCUT2D eigenvalue weighted by Gasteiger charge is -2.09. The van der Waals surface area contributed by atoms with E-state index in [2.05, 4.69) is 26.0 Å². The molecule has 10 nitrogen and oxygen atoms in total. The lowest BCUT2D eigenvalue weighted by molar-refractivity contribution is -0.120. The smallest absolute Gasteiger partial charge is 0.339 e. The normalized spacial score (nSPS) is 11.3. The van der Waals surface area contributed by atoms with Gasteiger partial charge in [-0.25, -0.2) is 5.43 Å². The summed E-state index contributed by atoms with van der Waals surface area (Å²) in [6, 6.07) is 21.3. The van der Waals surface area contributed by atoms with Gasteiger partial charge in [-0.05, 0) is 42.8 Å². The van der Waals surface area contributed by atoms with Gasteiger partial charge >= 0.3 is 10.1 Å².